The molecule has 8 nitrogen and oxygen atoms in total. The summed E-state index contributed by atoms with van der Waals surface area (Å²) in [5, 5.41) is 4.57. The Kier molecular flexibility index (Phi) is 7.36. The van der Waals surface area contributed by atoms with Crippen molar-refractivity contribution in [3.05, 3.63) is 83.6 Å². The highest BCUT2D eigenvalue weighted by molar-refractivity contribution is 6.01. The number of likely N-dealkylation sites (tertiary alicyclic amines) is 1. The molecule has 0 aliphatic carbocycles. The molecular formula is C25H32N8. The Morgan fingerprint density at radius 1 is 1.21 bits per heavy atom. The van der Waals surface area contributed by atoms with Gasteiger partial charge >= 0.3 is 0 Å². The number of aromatic nitrogens is 2. The van der Waals surface area contributed by atoms with Crippen LogP contribution in [0.2, 0.25) is 0 Å². The minimum Gasteiger partial charge on any atom is -0.398 e. The number of hydrogen-bond acceptors (Lipinski definition) is 7. The zero-order valence-electron chi connectivity index (χ0n) is 19.3. The van der Waals surface area contributed by atoms with E-state index in [9.17, 15) is 0 Å². The third-order valence-electron chi connectivity index (χ3n) is 5.64. The molecule has 2 aromatic rings. The molecule has 1 saturated heterocycles. The maximum absolute atomic E-state index is 6.25. The number of piperidine rings is 1. The monoisotopic (exact) mass is 444 g/mol. The van der Waals surface area contributed by atoms with E-state index < -0.39 is 0 Å². The van der Waals surface area contributed by atoms with Crippen LogP contribution in [0, 0.1) is 6.92 Å². The molecule has 2 aliphatic heterocycles. The van der Waals surface area contributed by atoms with E-state index in [1.54, 1.807) is 17.1 Å². The molecule has 0 bridgehead atoms. The fraction of sp³-hybridized carbons (Fsp3) is 0.320. The minimum atomic E-state index is -0.128. The molecule has 4 N–H and O–H groups in total. The minimum absolute atomic E-state index is 0.128. The molecule has 33 heavy (non-hydrogen) atoms. The number of allylic oxidation sites excluding steroid dienone is 1. The zero-order valence-corrected chi connectivity index (χ0v) is 19.3. The van der Waals surface area contributed by atoms with Crippen LogP contribution >= 0.6 is 0 Å². The first-order valence-electron chi connectivity index (χ1n) is 11.4. The van der Waals surface area contributed by atoms with E-state index in [0.29, 0.717) is 11.5 Å². The lowest BCUT2D eigenvalue weighted by atomic mass is 10.1. The van der Waals surface area contributed by atoms with Gasteiger partial charge in [-0.05, 0) is 62.1 Å². The van der Waals surface area contributed by atoms with E-state index in [4.69, 9.17) is 10.7 Å². The normalized spacial score (nSPS) is 21.6. The van der Waals surface area contributed by atoms with Gasteiger partial charge in [0.1, 0.15) is 5.82 Å². The molecule has 2 aliphatic rings. The number of aliphatic imine (C=N–C) groups is 2. The van der Waals surface area contributed by atoms with Crippen molar-refractivity contribution in [1.82, 2.24) is 25.5 Å². The number of benzene rings is 1. The molecule has 0 amide bonds. The molecular weight excluding hydrogens is 412 g/mol. The van der Waals surface area contributed by atoms with Gasteiger partial charge in [0.2, 0.25) is 0 Å². The van der Waals surface area contributed by atoms with Gasteiger partial charge in [-0.2, -0.15) is 5.10 Å². The third kappa shape index (κ3) is 6.20. The number of aryl methyl sites for hydroxylation is 2. The standard InChI is InChI=1S/C25H32N8/c1-19-7-6-8-20(17-19)21(26)9-12-27-24-10-13-28-30-23(22-11-16-32(2)31-22)18-25(29-24)33-14-4-3-5-15-33/h6-13,16-18,23,28,30H,3-5,14-15,26H2,1-2H3/b13-10?,21-9?,25-18-,27-12?,29-24?. The molecule has 3 heterocycles. The van der Waals surface area contributed by atoms with Gasteiger partial charge in [-0.1, -0.05) is 23.8 Å². The van der Waals surface area contributed by atoms with Crippen molar-refractivity contribution in [3.63, 3.8) is 0 Å². The highest BCUT2D eigenvalue weighted by Crippen LogP contribution is 2.21. The Bertz CT molecular complexity index is 1100. The predicted molar refractivity (Wildman–Crippen MR) is 134 cm³/mol. The maximum Gasteiger partial charge on any atom is 0.155 e. The van der Waals surface area contributed by atoms with Crippen LogP contribution in [-0.2, 0) is 7.05 Å². The van der Waals surface area contributed by atoms with Crippen LogP contribution in [0.5, 0.6) is 0 Å². The Morgan fingerprint density at radius 2 is 2.06 bits per heavy atom. The second-order valence-corrected chi connectivity index (χ2v) is 8.33. The topological polar surface area (TPSA) is 95.9 Å². The Labute approximate surface area is 195 Å². The SMILES string of the molecule is Cc1cccc(C(N)=CC=NC2=N/C(N3CCCCC3)=C/C(c3ccn(C)n3)NNC=C2)c1. The lowest BCUT2D eigenvalue weighted by Crippen LogP contribution is -2.33. The van der Waals surface area contributed by atoms with Gasteiger partial charge in [0, 0.05) is 44.4 Å². The summed E-state index contributed by atoms with van der Waals surface area (Å²) in [7, 11) is 1.92. The summed E-state index contributed by atoms with van der Waals surface area (Å²) in [6.45, 7) is 4.02. The Morgan fingerprint density at radius 3 is 2.82 bits per heavy atom. The highest BCUT2D eigenvalue weighted by Gasteiger charge is 2.19. The van der Waals surface area contributed by atoms with Crippen molar-refractivity contribution in [1.29, 1.82) is 0 Å². The summed E-state index contributed by atoms with van der Waals surface area (Å²) in [5.41, 5.74) is 16.4. The van der Waals surface area contributed by atoms with E-state index in [1.807, 2.05) is 43.6 Å². The summed E-state index contributed by atoms with van der Waals surface area (Å²) in [6, 6.07) is 9.98. The van der Waals surface area contributed by atoms with E-state index in [1.165, 1.54) is 12.0 Å². The average molecular weight is 445 g/mol. The first-order chi connectivity index (χ1) is 16.1. The van der Waals surface area contributed by atoms with Gasteiger partial charge in [-0.15, -0.1) is 0 Å². The summed E-state index contributed by atoms with van der Waals surface area (Å²) in [6.07, 6.45) is 14.8. The van der Waals surface area contributed by atoms with Gasteiger partial charge in [-0.25, -0.2) is 15.4 Å². The van der Waals surface area contributed by atoms with E-state index >= 15 is 0 Å². The first-order valence-corrected chi connectivity index (χ1v) is 11.4. The summed E-state index contributed by atoms with van der Waals surface area (Å²) in [4.78, 5) is 11.8. The largest absolute Gasteiger partial charge is 0.398 e. The Hall–Kier alpha value is -3.65. The molecule has 1 fully saturated rings. The molecule has 0 radical (unpaired) electrons. The second-order valence-electron chi connectivity index (χ2n) is 8.33. The number of rotatable bonds is 4. The number of nitrogens with one attached hydrogen (secondary N) is 2. The van der Waals surface area contributed by atoms with Gasteiger partial charge in [0.05, 0.1) is 11.7 Å². The van der Waals surface area contributed by atoms with Crippen LogP contribution < -0.4 is 16.6 Å². The van der Waals surface area contributed by atoms with E-state index in [2.05, 4.69) is 51.0 Å². The van der Waals surface area contributed by atoms with Crippen LogP contribution in [0.3, 0.4) is 0 Å². The van der Waals surface area contributed by atoms with Crippen molar-refractivity contribution in [3.8, 4) is 0 Å². The quantitative estimate of drug-likeness (QED) is 0.630. The van der Waals surface area contributed by atoms with Crippen molar-refractivity contribution in [2.75, 3.05) is 13.1 Å². The summed E-state index contributed by atoms with van der Waals surface area (Å²) < 4.78 is 1.80. The lowest BCUT2D eigenvalue weighted by molar-refractivity contribution is 0.280. The smallest absolute Gasteiger partial charge is 0.155 e. The Balaban J connectivity index is 1.62. The number of nitrogens with zero attached hydrogens (tertiary/aromatic N) is 5. The average Bonchev–Trinajstić information content (AvgIpc) is 3.29. The third-order valence-corrected chi connectivity index (χ3v) is 5.64. The van der Waals surface area contributed by atoms with Crippen LogP contribution in [0.15, 0.2) is 76.8 Å². The van der Waals surface area contributed by atoms with Crippen molar-refractivity contribution < 1.29 is 0 Å². The van der Waals surface area contributed by atoms with Gasteiger partial charge in [0.25, 0.3) is 0 Å². The summed E-state index contributed by atoms with van der Waals surface area (Å²) >= 11 is 0. The van der Waals surface area contributed by atoms with Crippen LogP contribution in [0.4, 0.5) is 0 Å². The van der Waals surface area contributed by atoms with Crippen LogP contribution in [0.1, 0.15) is 42.1 Å². The van der Waals surface area contributed by atoms with Crippen molar-refractivity contribution in [2.45, 2.75) is 32.2 Å². The highest BCUT2D eigenvalue weighted by atomic mass is 15.4. The lowest BCUT2D eigenvalue weighted by Gasteiger charge is -2.29. The molecule has 8 heteroatoms. The summed E-state index contributed by atoms with van der Waals surface area (Å²) in [5.74, 6) is 1.49. The first kappa shape index (κ1) is 22.5. The molecule has 1 unspecified atom stereocenters. The molecule has 0 saturated carbocycles. The zero-order chi connectivity index (χ0) is 23.0. The van der Waals surface area contributed by atoms with Gasteiger partial charge < -0.3 is 16.1 Å². The van der Waals surface area contributed by atoms with Crippen molar-refractivity contribution in [2.24, 2.45) is 22.8 Å². The number of hydrazine groups is 1. The second kappa shape index (κ2) is 10.8. The van der Waals surface area contributed by atoms with E-state index in [0.717, 1.165) is 43.0 Å². The molecule has 0 spiro atoms. The number of nitrogens with two attached hydrogens (primary N) is 1. The van der Waals surface area contributed by atoms with Gasteiger partial charge in [-0.3, -0.25) is 4.68 Å². The molecule has 1 aromatic heterocycles. The maximum atomic E-state index is 6.25. The molecule has 4 rings (SSSR count). The number of amidine groups is 1. The van der Waals surface area contributed by atoms with Crippen LogP contribution in [0.25, 0.3) is 5.70 Å². The van der Waals surface area contributed by atoms with Crippen molar-refractivity contribution >= 4 is 17.7 Å². The predicted octanol–water partition coefficient (Wildman–Crippen LogP) is 3.19. The molecule has 172 valence electrons. The molecule has 1 atom stereocenters. The fourth-order valence-corrected chi connectivity index (χ4v) is 3.88. The van der Waals surface area contributed by atoms with E-state index in [-0.39, 0.29) is 6.04 Å². The fourth-order valence-electron chi connectivity index (χ4n) is 3.88. The molecule has 1 aromatic carbocycles. The van der Waals surface area contributed by atoms with Gasteiger partial charge in [0.15, 0.2) is 5.84 Å². The number of hydrogen-bond donors (Lipinski definition) is 3. The van der Waals surface area contributed by atoms with Crippen LogP contribution in [-0.4, -0.2) is 39.8 Å².